The lowest BCUT2D eigenvalue weighted by Gasteiger charge is -2.23. The summed E-state index contributed by atoms with van der Waals surface area (Å²) < 4.78 is 0. The quantitative estimate of drug-likeness (QED) is 0.585. The molecule has 120 valence electrons. The highest BCUT2D eigenvalue weighted by atomic mass is 14.6. The lowest BCUT2D eigenvalue weighted by molar-refractivity contribution is 0.544. The van der Waals surface area contributed by atoms with Gasteiger partial charge in [-0.1, -0.05) is 45.4 Å². The van der Waals surface area contributed by atoms with Crippen molar-refractivity contribution in [3.8, 4) is 0 Å². The van der Waals surface area contributed by atoms with Gasteiger partial charge in [0.2, 0.25) is 0 Å². The summed E-state index contributed by atoms with van der Waals surface area (Å²) >= 11 is 0. The molecule has 1 aromatic carbocycles. The lowest BCUT2D eigenvalue weighted by Crippen LogP contribution is -2.15. The van der Waals surface area contributed by atoms with Gasteiger partial charge in [-0.3, -0.25) is 0 Å². The Morgan fingerprint density at radius 1 is 0.667 bits per heavy atom. The Hall–Kier alpha value is -0.820. The SMILES string of the molecule is CCCCCCCCC(N)c1c(C)c(C)c(C)c(C)c1C. The standard InChI is InChI=1S/C20H35N/c1-7-8-9-10-11-12-13-19(21)20-17(5)15(3)14(2)16(4)18(20)6/h19H,7-13,21H2,1-6H3. The summed E-state index contributed by atoms with van der Waals surface area (Å²) in [6.07, 6.45) is 9.15. The highest BCUT2D eigenvalue weighted by Crippen LogP contribution is 2.31. The van der Waals surface area contributed by atoms with Crippen molar-refractivity contribution in [2.75, 3.05) is 0 Å². The van der Waals surface area contributed by atoms with Crippen molar-refractivity contribution in [3.05, 3.63) is 33.4 Å². The zero-order valence-corrected chi connectivity index (χ0v) is 15.1. The van der Waals surface area contributed by atoms with Crippen molar-refractivity contribution in [3.63, 3.8) is 0 Å². The maximum Gasteiger partial charge on any atom is 0.0300 e. The second kappa shape index (κ2) is 8.58. The summed E-state index contributed by atoms with van der Waals surface area (Å²) in [5.74, 6) is 0. The summed E-state index contributed by atoms with van der Waals surface area (Å²) in [5, 5.41) is 0. The Balaban J connectivity index is 2.68. The summed E-state index contributed by atoms with van der Waals surface area (Å²) in [4.78, 5) is 0. The third kappa shape index (κ3) is 4.57. The Bertz CT molecular complexity index is 430. The number of hydrogen-bond donors (Lipinski definition) is 1. The molecule has 1 nitrogen and oxygen atoms in total. The van der Waals surface area contributed by atoms with Crippen LogP contribution in [0.25, 0.3) is 0 Å². The number of benzene rings is 1. The van der Waals surface area contributed by atoms with E-state index in [4.69, 9.17) is 5.73 Å². The lowest BCUT2D eigenvalue weighted by atomic mass is 9.85. The molecule has 0 spiro atoms. The average Bonchev–Trinajstić information content (AvgIpc) is 2.47. The molecule has 0 radical (unpaired) electrons. The van der Waals surface area contributed by atoms with Crippen LogP contribution in [0.5, 0.6) is 0 Å². The van der Waals surface area contributed by atoms with E-state index in [1.165, 1.54) is 71.9 Å². The van der Waals surface area contributed by atoms with E-state index in [1.807, 2.05) is 0 Å². The average molecular weight is 290 g/mol. The van der Waals surface area contributed by atoms with Crippen LogP contribution in [0.3, 0.4) is 0 Å². The van der Waals surface area contributed by atoms with Gasteiger partial charge in [0.1, 0.15) is 0 Å². The van der Waals surface area contributed by atoms with Crippen LogP contribution in [-0.4, -0.2) is 0 Å². The van der Waals surface area contributed by atoms with Crippen molar-refractivity contribution in [1.29, 1.82) is 0 Å². The summed E-state index contributed by atoms with van der Waals surface area (Å²) in [6.45, 7) is 13.4. The maximum atomic E-state index is 6.53. The van der Waals surface area contributed by atoms with Gasteiger partial charge < -0.3 is 5.73 Å². The molecule has 0 saturated heterocycles. The van der Waals surface area contributed by atoms with Crippen LogP contribution in [-0.2, 0) is 0 Å². The normalized spacial score (nSPS) is 12.7. The van der Waals surface area contributed by atoms with E-state index < -0.39 is 0 Å². The first-order valence-electron chi connectivity index (χ1n) is 8.74. The van der Waals surface area contributed by atoms with E-state index in [0.29, 0.717) is 0 Å². The van der Waals surface area contributed by atoms with Gasteiger partial charge in [-0.15, -0.1) is 0 Å². The molecule has 0 heterocycles. The first kappa shape index (κ1) is 18.2. The van der Waals surface area contributed by atoms with Crippen molar-refractivity contribution in [2.45, 2.75) is 92.5 Å². The van der Waals surface area contributed by atoms with Gasteiger partial charge in [0.25, 0.3) is 0 Å². The van der Waals surface area contributed by atoms with Crippen LogP contribution >= 0.6 is 0 Å². The van der Waals surface area contributed by atoms with Gasteiger partial charge in [0.15, 0.2) is 0 Å². The zero-order valence-electron chi connectivity index (χ0n) is 15.1. The predicted molar refractivity (Wildman–Crippen MR) is 95.0 cm³/mol. The molecule has 0 aromatic heterocycles. The van der Waals surface area contributed by atoms with Crippen molar-refractivity contribution >= 4 is 0 Å². The maximum absolute atomic E-state index is 6.53. The predicted octanol–water partition coefficient (Wildman–Crippen LogP) is 5.98. The van der Waals surface area contributed by atoms with Crippen LogP contribution in [0.4, 0.5) is 0 Å². The minimum atomic E-state index is 0.203. The zero-order chi connectivity index (χ0) is 16.0. The highest BCUT2D eigenvalue weighted by molar-refractivity contribution is 5.50. The number of rotatable bonds is 8. The molecule has 1 rings (SSSR count). The Kier molecular flexibility index (Phi) is 7.45. The molecular formula is C20H35N. The molecule has 1 aromatic rings. The van der Waals surface area contributed by atoms with Gasteiger partial charge in [-0.25, -0.2) is 0 Å². The molecular weight excluding hydrogens is 254 g/mol. The first-order chi connectivity index (χ1) is 9.91. The fourth-order valence-corrected chi connectivity index (χ4v) is 3.37. The van der Waals surface area contributed by atoms with Crippen LogP contribution in [0, 0.1) is 34.6 Å². The molecule has 0 aliphatic heterocycles. The molecule has 21 heavy (non-hydrogen) atoms. The Morgan fingerprint density at radius 3 is 1.62 bits per heavy atom. The fourth-order valence-electron chi connectivity index (χ4n) is 3.37. The molecule has 1 atom stereocenters. The van der Waals surface area contributed by atoms with Gasteiger partial charge in [-0.05, 0) is 74.4 Å². The molecule has 0 fully saturated rings. The Morgan fingerprint density at radius 2 is 1.10 bits per heavy atom. The van der Waals surface area contributed by atoms with E-state index in [1.54, 1.807) is 0 Å². The second-order valence-electron chi connectivity index (χ2n) is 6.70. The second-order valence-corrected chi connectivity index (χ2v) is 6.70. The molecule has 0 bridgehead atoms. The number of unbranched alkanes of at least 4 members (excludes halogenated alkanes) is 5. The van der Waals surface area contributed by atoms with E-state index >= 15 is 0 Å². The summed E-state index contributed by atoms with van der Waals surface area (Å²) in [6, 6.07) is 0.203. The van der Waals surface area contributed by atoms with Crippen LogP contribution in [0.15, 0.2) is 0 Å². The van der Waals surface area contributed by atoms with Crippen molar-refractivity contribution in [2.24, 2.45) is 5.73 Å². The van der Waals surface area contributed by atoms with Gasteiger partial charge in [-0.2, -0.15) is 0 Å². The number of hydrogen-bond acceptors (Lipinski definition) is 1. The molecule has 1 heteroatoms. The molecule has 0 saturated carbocycles. The molecule has 2 N–H and O–H groups in total. The van der Waals surface area contributed by atoms with E-state index in [9.17, 15) is 0 Å². The minimum Gasteiger partial charge on any atom is -0.324 e. The van der Waals surface area contributed by atoms with Gasteiger partial charge in [0, 0.05) is 6.04 Å². The topological polar surface area (TPSA) is 26.0 Å². The van der Waals surface area contributed by atoms with Gasteiger partial charge in [0.05, 0.1) is 0 Å². The molecule has 0 aliphatic carbocycles. The molecule has 1 unspecified atom stereocenters. The van der Waals surface area contributed by atoms with Crippen LogP contribution in [0.2, 0.25) is 0 Å². The van der Waals surface area contributed by atoms with Crippen LogP contribution < -0.4 is 5.73 Å². The monoisotopic (exact) mass is 289 g/mol. The first-order valence-corrected chi connectivity index (χ1v) is 8.74. The van der Waals surface area contributed by atoms with E-state index in [-0.39, 0.29) is 6.04 Å². The largest absolute Gasteiger partial charge is 0.324 e. The Labute approximate surface area is 132 Å². The van der Waals surface area contributed by atoms with Crippen molar-refractivity contribution in [1.82, 2.24) is 0 Å². The number of nitrogens with two attached hydrogens (primary N) is 1. The third-order valence-corrected chi connectivity index (χ3v) is 5.30. The van der Waals surface area contributed by atoms with Crippen LogP contribution in [0.1, 0.15) is 91.3 Å². The smallest absolute Gasteiger partial charge is 0.0300 e. The van der Waals surface area contributed by atoms with E-state index in [0.717, 1.165) is 6.42 Å². The summed E-state index contributed by atoms with van der Waals surface area (Å²) in [5.41, 5.74) is 15.0. The highest BCUT2D eigenvalue weighted by Gasteiger charge is 2.17. The molecule has 0 aliphatic rings. The third-order valence-electron chi connectivity index (χ3n) is 5.30. The summed E-state index contributed by atoms with van der Waals surface area (Å²) in [7, 11) is 0. The fraction of sp³-hybridized carbons (Fsp3) is 0.700. The minimum absolute atomic E-state index is 0.203. The van der Waals surface area contributed by atoms with Gasteiger partial charge >= 0.3 is 0 Å². The van der Waals surface area contributed by atoms with Crippen molar-refractivity contribution < 1.29 is 0 Å². The van der Waals surface area contributed by atoms with E-state index in [2.05, 4.69) is 41.5 Å². The molecule has 0 amide bonds.